The van der Waals surface area contributed by atoms with Gasteiger partial charge in [0.2, 0.25) is 6.79 Å². The first-order valence-electron chi connectivity index (χ1n) is 8.60. The summed E-state index contributed by atoms with van der Waals surface area (Å²) in [6.45, 7) is 4.76. The molecule has 7 heteroatoms. The Hall–Kier alpha value is -2.38. The van der Waals surface area contributed by atoms with Crippen LogP contribution in [-0.4, -0.2) is 47.9 Å². The lowest BCUT2D eigenvalue weighted by molar-refractivity contribution is 0.173. The van der Waals surface area contributed by atoms with Crippen molar-refractivity contribution in [2.24, 2.45) is 0 Å². The molecule has 2 heterocycles. The summed E-state index contributed by atoms with van der Waals surface area (Å²) < 4.78 is 23.8. The van der Waals surface area contributed by atoms with Gasteiger partial charge in [0, 0.05) is 38.4 Å². The highest BCUT2D eigenvalue weighted by Crippen LogP contribution is 2.32. The molecule has 0 bridgehead atoms. The quantitative estimate of drug-likeness (QED) is 0.834. The van der Waals surface area contributed by atoms with Gasteiger partial charge >= 0.3 is 0 Å². The van der Waals surface area contributed by atoms with Gasteiger partial charge in [0.15, 0.2) is 16.6 Å². The first kappa shape index (κ1) is 17.1. The lowest BCUT2D eigenvalue weighted by Crippen LogP contribution is -2.49. The number of nitrogens with zero attached hydrogens (tertiary/aromatic N) is 2. The van der Waals surface area contributed by atoms with Gasteiger partial charge in [0.05, 0.1) is 0 Å². The molecule has 0 unspecified atom stereocenters. The molecular formula is C19H20FN3O2S. The summed E-state index contributed by atoms with van der Waals surface area (Å²) in [5, 5.41) is 3.85. The van der Waals surface area contributed by atoms with Crippen LogP contribution in [0.2, 0.25) is 0 Å². The van der Waals surface area contributed by atoms with E-state index in [-0.39, 0.29) is 5.82 Å². The van der Waals surface area contributed by atoms with Crippen molar-refractivity contribution in [1.29, 1.82) is 0 Å². The second-order valence-corrected chi connectivity index (χ2v) is 6.77. The zero-order valence-corrected chi connectivity index (χ0v) is 15.1. The minimum absolute atomic E-state index is 0.251. The van der Waals surface area contributed by atoms with E-state index in [9.17, 15) is 4.39 Å². The van der Waals surface area contributed by atoms with E-state index >= 15 is 0 Å². The minimum Gasteiger partial charge on any atom is -0.454 e. The van der Waals surface area contributed by atoms with Crippen LogP contribution in [0, 0.1) is 5.82 Å². The van der Waals surface area contributed by atoms with E-state index in [0.717, 1.165) is 49.9 Å². The number of nitrogens with one attached hydrogen (secondary N) is 1. The number of hydrogen-bond donors (Lipinski definition) is 1. The Balaban J connectivity index is 1.28. The molecule has 4 rings (SSSR count). The van der Waals surface area contributed by atoms with E-state index in [4.69, 9.17) is 21.7 Å². The van der Waals surface area contributed by atoms with E-state index in [2.05, 4.69) is 27.2 Å². The largest absolute Gasteiger partial charge is 0.454 e. The van der Waals surface area contributed by atoms with Gasteiger partial charge in [-0.15, -0.1) is 0 Å². The highest BCUT2D eigenvalue weighted by atomic mass is 32.1. The monoisotopic (exact) mass is 373 g/mol. The van der Waals surface area contributed by atoms with Crippen LogP contribution in [0.3, 0.4) is 0 Å². The molecule has 136 valence electrons. The zero-order valence-electron chi connectivity index (χ0n) is 14.3. The number of halogens is 1. The maximum Gasteiger partial charge on any atom is 0.231 e. The highest BCUT2D eigenvalue weighted by Gasteiger charge is 2.20. The first-order valence-corrected chi connectivity index (χ1v) is 9.00. The van der Waals surface area contributed by atoms with Crippen molar-refractivity contribution < 1.29 is 13.9 Å². The number of ether oxygens (including phenoxy) is 2. The van der Waals surface area contributed by atoms with Crippen LogP contribution in [-0.2, 0) is 6.54 Å². The average Bonchev–Trinajstić information content (AvgIpc) is 3.12. The molecule has 2 aliphatic heterocycles. The van der Waals surface area contributed by atoms with Crippen LogP contribution in [0.1, 0.15) is 5.56 Å². The van der Waals surface area contributed by atoms with E-state index in [0.29, 0.717) is 11.9 Å². The van der Waals surface area contributed by atoms with Crippen LogP contribution in [0.15, 0.2) is 42.5 Å². The Morgan fingerprint density at radius 2 is 1.73 bits per heavy atom. The summed E-state index contributed by atoms with van der Waals surface area (Å²) in [4.78, 5) is 4.55. The summed E-state index contributed by atoms with van der Waals surface area (Å²) in [6.07, 6.45) is 0. The topological polar surface area (TPSA) is 37.0 Å². The van der Waals surface area contributed by atoms with Gasteiger partial charge < -0.3 is 19.7 Å². The third-order valence-electron chi connectivity index (χ3n) is 4.60. The fourth-order valence-corrected chi connectivity index (χ4v) is 3.44. The summed E-state index contributed by atoms with van der Waals surface area (Å²) in [5.74, 6) is 1.39. The van der Waals surface area contributed by atoms with Crippen molar-refractivity contribution in [3.8, 4) is 11.5 Å². The molecule has 2 aromatic rings. The Morgan fingerprint density at radius 3 is 2.50 bits per heavy atom. The third-order valence-corrected chi connectivity index (χ3v) is 4.96. The Labute approximate surface area is 157 Å². The summed E-state index contributed by atoms with van der Waals surface area (Å²) in [5.41, 5.74) is 2.02. The molecule has 0 amide bonds. The summed E-state index contributed by atoms with van der Waals surface area (Å²) >= 11 is 5.48. The number of benzene rings is 2. The predicted molar refractivity (Wildman–Crippen MR) is 102 cm³/mol. The van der Waals surface area contributed by atoms with E-state index in [1.165, 1.54) is 17.7 Å². The SMILES string of the molecule is Fc1ccc(NC(=S)N2CCN(Cc3ccc4c(c3)OCO4)CC2)cc1. The molecule has 0 radical (unpaired) electrons. The van der Waals surface area contributed by atoms with Crippen molar-refractivity contribution in [3.63, 3.8) is 0 Å². The van der Waals surface area contributed by atoms with E-state index in [1.54, 1.807) is 12.1 Å². The Morgan fingerprint density at radius 1 is 1.00 bits per heavy atom. The van der Waals surface area contributed by atoms with E-state index < -0.39 is 0 Å². The summed E-state index contributed by atoms with van der Waals surface area (Å²) in [6, 6.07) is 12.3. The summed E-state index contributed by atoms with van der Waals surface area (Å²) in [7, 11) is 0. The molecular weight excluding hydrogens is 353 g/mol. The van der Waals surface area contributed by atoms with Crippen molar-refractivity contribution in [3.05, 3.63) is 53.8 Å². The Bertz CT molecular complexity index is 792. The number of hydrogen-bond acceptors (Lipinski definition) is 4. The maximum absolute atomic E-state index is 13.0. The van der Waals surface area contributed by atoms with Crippen LogP contribution in [0.25, 0.3) is 0 Å². The van der Waals surface area contributed by atoms with E-state index in [1.807, 2.05) is 6.07 Å². The van der Waals surface area contributed by atoms with Crippen LogP contribution >= 0.6 is 12.2 Å². The van der Waals surface area contributed by atoms with Gasteiger partial charge in [-0.1, -0.05) is 6.07 Å². The lowest BCUT2D eigenvalue weighted by Gasteiger charge is -2.36. The van der Waals surface area contributed by atoms with Crippen LogP contribution in [0.5, 0.6) is 11.5 Å². The maximum atomic E-state index is 13.0. The standard InChI is InChI=1S/C19H20FN3O2S/c20-15-2-4-16(5-3-15)21-19(26)23-9-7-22(8-10-23)12-14-1-6-17-18(11-14)25-13-24-17/h1-6,11H,7-10,12-13H2,(H,21,26). The van der Waals surface area contributed by atoms with Crippen LogP contribution in [0.4, 0.5) is 10.1 Å². The molecule has 0 saturated carbocycles. The second kappa shape index (κ2) is 7.47. The molecule has 0 aromatic heterocycles. The van der Waals surface area contributed by atoms with Gasteiger partial charge in [0.1, 0.15) is 5.82 Å². The fraction of sp³-hybridized carbons (Fsp3) is 0.316. The molecule has 0 atom stereocenters. The van der Waals surface area contributed by atoms with Gasteiger partial charge in [-0.3, -0.25) is 4.90 Å². The van der Waals surface area contributed by atoms with Gasteiger partial charge in [0.25, 0.3) is 0 Å². The Kier molecular flexibility index (Phi) is 4.90. The average molecular weight is 373 g/mol. The first-order chi connectivity index (χ1) is 12.7. The molecule has 1 saturated heterocycles. The van der Waals surface area contributed by atoms with Crippen molar-refractivity contribution in [1.82, 2.24) is 9.80 Å². The van der Waals surface area contributed by atoms with Gasteiger partial charge in [-0.25, -0.2) is 4.39 Å². The molecule has 2 aromatic carbocycles. The minimum atomic E-state index is -0.251. The highest BCUT2D eigenvalue weighted by molar-refractivity contribution is 7.80. The normalized spacial score (nSPS) is 16.6. The lowest BCUT2D eigenvalue weighted by atomic mass is 10.1. The van der Waals surface area contributed by atoms with Crippen molar-refractivity contribution in [2.75, 3.05) is 38.3 Å². The van der Waals surface area contributed by atoms with Gasteiger partial charge in [-0.2, -0.15) is 0 Å². The number of piperazine rings is 1. The number of anilines is 1. The molecule has 1 fully saturated rings. The van der Waals surface area contributed by atoms with Gasteiger partial charge in [-0.05, 0) is 54.2 Å². The smallest absolute Gasteiger partial charge is 0.231 e. The fourth-order valence-electron chi connectivity index (χ4n) is 3.14. The molecule has 1 N–H and O–H groups in total. The van der Waals surface area contributed by atoms with Crippen LogP contribution < -0.4 is 14.8 Å². The number of rotatable bonds is 3. The zero-order chi connectivity index (χ0) is 17.9. The van der Waals surface area contributed by atoms with Crippen molar-refractivity contribution in [2.45, 2.75) is 6.54 Å². The molecule has 0 spiro atoms. The predicted octanol–water partition coefficient (Wildman–Crippen LogP) is 3.07. The number of fused-ring (bicyclic) bond motifs is 1. The molecule has 2 aliphatic rings. The molecule has 0 aliphatic carbocycles. The third kappa shape index (κ3) is 3.89. The number of thiocarbonyl (C=S) groups is 1. The second-order valence-electron chi connectivity index (χ2n) is 6.39. The molecule has 5 nitrogen and oxygen atoms in total. The van der Waals surface area contributed by atoms with Crippen molar-refractivity contribution >= 4 is 23.0 Å². The molecule has 26 heavy (non-hydrogen) atoms.